The molecule has 2 heterocycles. The lowest BCUT2D eigenvalue weighted by Crippen LogP contribution is -2.18. The smallest absolute Gasteiger partial charge is 0.0541 e. The highest BCUT2D eigenvalue weighted by atomic mass is 15.2. The monoisotopic (exact) mass is 574 g/mol. The van der Waals surface area contributed by atoms with Crippen LogP contribution in [0.1, 0.15) is 11.1 Å². The van der Waals surface area contributed by atoms with Crippen LogP contribution < -0.4 is 4.90 Å². The first-order chi connectivity index (χ1) is 22.3. The summed E-state index contributed by atoms with van der Waals surface area (Å²) in [5, 5.41) is 2.57. The van der Waals surface area contributed by atoms with Gasteiger partial charge in [0.1, 0.15) is 0 Å². The number of para-hydroxylation sites is 3. The van der Waals surface area contributed by atoms with E-state index in [9.17, 15) is 0 Å². The lowest BCUT2D eigenvalue weighted by molar-refractivity contribution is 1.09. The zero-order chi connectivity index (χ0) is 29.7. The Bertz CT molecular complexity index is 2270. The van der Waals surface area contributed by atoms with Crippen molar-refractivity contribution in [1.29, 1.82) is 0 Å². The van der Waals surface area contributed by atoms with Crippen LogP contribution in [-0.4, -0.2) is 4.57 Å². The molecule has 45 heavy (non-hydrogen) atoms. The Morgan fingerprint density at radius 2 is 0.867 bits per heavy atom. The van der Waals surface area contributed by atoms with Gasteiger partial charge in [-0.25, -0.2) is 0 Å². The van der Waals surface area contributed by atoms with E-state index in [-0.39, 0.29) is 0 Å². The highest BCUT2D eigenvalue weighted by Crippen LogP contribution is 2.45. The van der Waals surface area contributed by atoms with Crippen LogP contribution in [0.4, 0.5) is 17.1 Å². The van der Waals surface area contributed by atoms with Crippen LogP contribution in [-0.2, 0) is 6.42 Å². The Morgan fingerprint density at radius 3 is 1.58 bits per heavy atom. The van der Waals surface area contributed by atoms with E-state index in [1.165, 1.54) is 77.9 Å². The third kappa shape index (κ3) is 4.26. The largest absolute Gasteiger partial charge is 0.310 e. The van der Waals surface area contributed by atoms with E-state index in [1.807, 2.05) is 0 Å². The second kappa shape index (κ2) is 10.4. The highest BCUT2D eigenvalue weighted by molar-refractivity contribution is 6.09. The standard InChI is InChI=1S/C43H30N2/c1-2-10-30(11-3-1)31-18-23-36(24-19-31)44-40-15-7-4-12-34(40)29-35-28-33(22-27-41(35)44)32-20-25-37(26-21-32)45-42-16-8-5-13-38(42)39-14-6-9-17-43(39)45/h1-28H,29H2. The van der Waals surface area contributed by atoms with Gasteiger partial charge in [-0.2, -0.15) is 0 Å². The van der Waals surface area contributed by atoms with E-state index >= 15 is 0 Å². The molecule has 212 valence electrons. The lowest BCUT2D eigenvalue weighted by atomic mass is 9.92. The average Bonchev–Trinajstić information content (AvgIpc) is 3.45. The number of nitrogens with zero attached hydrogens (tertiary/aromatic N) is 2. The Morgan fingerprint density at radius 1 is 0.356 bits per heavy atom. The van der Waals surface area contributed by atoms with Crippen LogP contribution in [0.5, 0.6) is 0 Å². The molecule has 7 aromatic carbocycles. The van der Waals surface area contributed by atoms with Crippen molar-refractivity contribution in [1.82, 2.24) is 4.57 Å². The van der Waals surface area contributed by atoms with Gasteiger partial charge < -0.3 is 9.47 Å². The maximum absolute atomic E-state index is 2.41. The van der Waals surface area contributed by atoms with Gasteiger partial charge >= 0.3 is 0 Å². The number of hydrogen-bond acceptors (Lipinski definition) is 1. The SMILES string of the molecule is c1ccc(-c2ccc(N3c4ccccc4Cc4cc(-c5ccc(-n6c7ccccc7c7ccccc76)cc5)ccc43)cc2)cc1. The molecule has 1 aliphatic rings. The Kier molecular flexibility index (Phi) is 5.92. The molecule has 1 aliphatic heterocycles. The molecule has 9 rings (SSSR count). The van der Waals surface area contributed by atoms with Crippen molar-refractivity contribution in [2.45, 2.75) is 6.42 Å². The summed E-state index contributed by atoms with van der Waals surface area (Å²) in [4.78, 5) is 2.41. The van der Waals surface area contributed by atoms with E-state index in [2.05, 4.69) is 179 Å². The van der Waals surface area contributed by atoms with Crippen LogP contribution in [0.15, 0.2) is 170 Å². The third-order valence-corrected chi connectivity index (χ3v) is 9.21. The van der Waals surface area contributed by atoms with Crippen molar-refractivity contribution in [3.8, 4) is 27.9 Å². The van der Waals surface area contributed by atoms with E-state index in [4.69, 9.17) is 0 Å². The first kappa shape index (κ1) is 25.6. The molecule has 0 fully saturated rings. The maximum atomic E-state index is 2.41. The normalized spacial score (nSPS) is 12.3. The molecule has 2 heteroatoms. The molecule has 2 nitrogen and oxygen atoms in total. The quantitative estimate of drug-likeness (QED) is 0.203. The Labute approximate surface area is 263 Å². The van der Waals surface area contributed by atoms with Gasteiger partial charge in [-0.15, -0.1) is 0 Å². The van der Waals surface area contributed by atoms with Crippen LogP contribution in [0.2, 0.25) is 0 Å². The van der Waals surface area contributed by atoms with Crippen molar-refractivity contribution >= 4 is 38.9 Å². The fraction of sp³-hybridized carbons (Fsp3) is 0.0233. The summed E-state index contributed by atoms with van der Waals surface area (Å²) in [6, 6.07) is 61.7. The predicted octanol–water partition coefficient (Wildman–Crippen LogP) is 11.5. The molecule has 0 unspecified atom stereocenters. The summed E-state index contributed by atoms with van der Waals surface area (Å²) in [7, 11) is 0. The number of hydrogen-bond donors (Lipinski definition) is 0. The van der Waals surface area contributed by atoms with Gasteiger partial charge in [0.25, 0.3) is 0 Å². The summed E-state index contributed by atoms with van der Waals surface area (Å²) in [6.07, 6.45) is 0.914. The Balaban J connectivity index is 1.09. The molecule has 0 N–H and O–H groups in total. The zero-order valence-corrected chi connectivity index (χ0v) is 24.8. The van der Waals surface area contributed by atoms with Gasteiger partial charge in [0.2, 0.25) is 0 Å². The molecule has 8 aromatic rings. The first-order valence-corrected chi connectivity index (χ1v) is 15.6. The van der Waals surface area contributed by atoms with Gasteiger partial charge in [-0.1, -0.05) is 115 Å². The minimum Gasteiger partial charge on any atom is -0.310 e. The molecule has 0 radical (unpaired) electrons. The molecule has 0 atom stereocenters. The van der Waals surface area contributed by atoms with Gasteiger partial charge in [-0.3, -0.25) is 0 Å². The van der Waals surface area contributed by atoms with E-state index in [0.717, 1.165) is 6.42 Å². The van der Waals surface area contributed by atoms with E-state index in [1.54, 1.807) is 0 Å². The predicted molar refractivity (Wildman–Crippen MR) is 189 cm³/mol. The number of fused-ring (bicyclic) bond motifs is 5. The number of anilines is 3. The van der Waals surface area contributed by atoms with Crippen LogP contribution in [0, 0.1) is 0 Å². The van der Waals surface area contributed by atoms with Crippen molar-refractivity contribution < 1.29 is 0 Å². The number of rotatable bonds is 4. The van der Waals surface area contributed by atoms with E-state index in [0.29, 0.717) is 0 Å². The molecule has 0 bridgehead atoms. The molecule has 0 aliphatic carbocycles. The minimum atomic E-state index is 0.914. The molecule has 0 saturated heterocycles. The van der Waals surface area contributed by atoms with Gasteiger partial charge in [0.05, 0.1) is 11.0 Å². The zero-order valence-electron chi connectivity index (χ0n) is 24.8. The number of aromatic nitrogens is 1. The molecule has 1 aromatic heterocycles. The average molecular weight is 575 g/mol. The van der Waals surface area contributed by atoms with Gasteiger partial charge in [0.15, 0.2) is 0 Å². The fourth-order valence-corrected chi connectivity index (χ4v) is 7.05. The van der Waals surface area contributed by atoms with E-state index < -0.39 is 0 Å². The van der Waals surface area contributed by atoms with Crippen LogP contribution >= 0.6 is 0 Å². The minimum absolute atomic E-state index is 0.914. The van der Waals surface area contributed by atoms with Crippen LogP contribution in [0.25, 0.3) is 49.7 Å². The molecule has 0 saturated carbocycles. The second-order valence-electron chi connectivity index (χ2n) is 11.8. The summed E-state index contributed by atoms with van der Waals surface area (Å²) < 4.78 is 2.37. The van der Waals surface area contributed by atoms with Gasteiger partial charge in [0, 0.05) is 39.9 Å². The summed E-state index contributed by atoms with van der Waals surface area (Å²) in [5.41, 5.74) is 14.9. The van der Waals surface area contributed by atoms with Crippen molar-refractivity contribution in [2.24, 2.45) is 0 Å². The van der Waals surface area contributed by atoms with Gasteiger partial charge in [-0.05, 0) is 88.0 Å². The molecule has 0 spiro atoms. The summed E-state index contributed by atoms with van der Waals surface area (Å²) >= 11 is 0. The van der Waals surface area contributed by atoms with Crippen molar-refractivity contribution in [3.63, 3.8) is 0 Å². The van der Waals surface area contributed by atoms with Crippen molar-refractivity contribution in [2.75, 3.05) is 4.90 Å². The third-order valence-electron chi connectivity index (χ3n) is 9.21. The second-order valence-corrected chi connectivity index (χ2v) is 11.8. The molecular formula is C43H30N2. The van der Waals surface area contributed by atoms with Crippen LogP contribution in [0.3, 0.4) is 0 Å². The molecule has 0 amide bonds. The Hall–Kier alpha value is -5.86. The topological polar surface area (TPSA) is 8.17 Å². The molecular weight excluding hydrogens is 544 g/mol. The summed E-state index contributed by atoms with van der Waals surface area (Å²) in [5.74, 6) is 0. The lowest BCUT2D eigenvalue weighted by Gasteiger charge is -2.34. The maximum Gasteiger partial charge on any atom is 0.0541 e. The fourth-order valence-electron chi connectivity index (χ4n) is 7.05. The first-order valence-electron chi connectivity index (χ1n) is 15.6. The highest BCUT2D eigenvalue weighted by Gasteiger charge is 2.24. The van der Waals surface area contributed by atoms with Crippen molar-refractivity contribution in [3.05, 3.63) is 181 Å². The summed E-state index contributed by atoms with van der Waals surface area (Å²) in [6.45, 7) is 0. The number of benzene rings is 7.